The monoisotopic (exact) mass is 562 g/mol. The molecule has 1 fully saturated rings. The van der Waals surface area contributed by atoms with Gasteiger partial charge >= 0.3 is 0 Å². The summed E-state index contributed by atoms with van der Waals surface area (Å²) in [4.78, 5) is 21.8. The second-order valence-electron chi connectivity index (χ2n) is 10.9. The van der Waals surface area contributed by atoms with Crippen LogP contribution in [0, 0.1) is 5.82 Å². The van der Waals surface area contributed by atoms with E-state index in [1.165, 1.54) is 25.0 Å². The van der Waals surface area contributed by atoms with Crippen LogP contribution in [0.4, 0.5) is 10.1 Å². The number of aromatic amines is 2. The fraction of sp³-hybridized carbons (Fsp3) is 0.250. The highest BCUT2D eigenvalue weighted by molar-refractivity contribution is 5.99. The van der Waals surface area contributed by atoms with E-state index in [0.717, 1.165) is 64.2 Å². The van der Waals surface area contributed by atoms with Crippen molar-refractivity contribution in [2.75, 3.05) is 45.2 Å². The molecular weight excluding hydrogens is 531 g/mol. The molecule has 1 aliphatic heterocycles. The minimum atomic E-state index is -0.360. The van der Waals surface area contributed by atoms with Crippen LogP contribution in [0.5, 0.6) is 5.75 Å². The number of rotatable bonds is 8. The molecule has 9 nitrogen and oxygen atoms in total. The summed E-state index contributed by atoms with van der Waals surface area (Å²) in [6, 6.07) is 14.7. The Labute approximate surface area is 242 Å². The lowest BCUT2D eigenvalue weighted by Gasteiger charge is -2.15. The van der Waals surface area contributed by atoms with Gasteiger partial charge in [-0.2, -0.15) is 5.10 Å². The third-order valence-corrected chi connectivity index (χ3v) is 7.77. The number of nitrogens with one attached hydrogen (secondary N) is 2. The van der Waals surface area contributed by atoms with Crippen LogP contribution >= 0.6 is 0 Å². The first-order valence-electron chi connectivity index (χ1n) is 14.1. The van der Waals surface area contributed by atoms with Gasteiger partial charge in [-0.15, -0.1) is 0 Å². The summed E-state index contributed by atoms with van der Waals surface area (Å²) in [5.74, 6) is 0.141. The normalized spacial score (nSPS) is 13.8. The molecule has 10 heteroatoms. The predicted octanol–water partition coefficient (Wildman–Crippen LogP) is 5.91. The van der Waals surface area contributed by atoms with Crippen LogP contribution in [0.1, 0.15) is 12.8 Å². The highest BCUT2D eigenvalue weighted by Crippen LogP contribution is 2.34. The zero-order valence-electron chi connectivity index (χ0n) is 23.6. The zero-order chi connectivity index (χ0) is 28.6. The van der Waals surface area contributed by atoms with Gasteiger partial charge in [-0.05, 0) is 68.4 Å². The molecule has 0 radical (unpaired) electrons. The SMILES string of the molecule is CN(C)c1cncc(-c2ccc3[nH]nc(-c4cc5c(-c6cc(F)cc(OCCN7CCCC7)c6)nccc5[nH]4)c3n2)c1. The minimum Gasteiger partial charge on any atom is -0.492 e. The van der Waals surface area contributed by atoms with Gasteiger partial charge in [0.1, 0.15) is 29.4 Å². The van der Waals surface area contributed by atoms with E-state index in [0.29, 0.717) is 29.3 Å². The summed E-state index contributed by atoms with van der Waals surface area (Å²) >= 11 is 0. The summed E-state index contributed by atoms with van der Waals surface area (Å²) in [6.45, 7) is 3.56. The number of anilines is 1. The van der Waals surface area contributed by atoms with Crippen molar-refractivity contribution in [1.29, 1.82) is 0 Å². The van der Waals surface area contributed by atoms with Gasteiger partial charge in [-0.3, -0.25) is 20.0 Å². The van der Waals surface area contributed by atoms with Crippen LogP contribution in [-0.4, -0.2) is 75.4 Å². The molecule has 1 aliphatic rings. The number of H-pyrrole nitrogens is 2. The molecule has 6 aromatic rings. The van der Waals surface area contributed by atoms with Gasteiger partial charge in [-0.25, -0.2) is 9.37 Å². The van der Waals surface area contributed by atoms with Gasteiger partial charge in [-0.1, -0.05) is 0 Å². The number of likely N-dealkylation sites (tertiary alicyclic amines) is 1. The zero-order valence-corrected chi connectivity index (χ0v) is 23.6. The van der Waals surface area contributed by atoms with Crippen molar-refractivity contribution in [2.45, 2.75) is 12.8 Å². The summed E-state index contributed by atoms with van der Waals surface area (Å²) in [5.41, 5.74) is 7.94. The van der Waals surface area contributed by atoms with E-state index >= 15 is 0 Å². The summed E-state index contributed by atoms with van der Waals surface area (Å²) in [6.07, 6.45) is 7.81. The van der Waals surface area contributed by atoms with Crippen molar-refractivity contribution in [3.8, 4) is 39.7 Å². The van der Waals surface area contributed by atoms with E-state index < -0.39 is 0 Å². The Morgan fingerprint density at radius 1 is 0.952 bits per heavy atom. The van der Waals surface area contributed by atoms with Crippen molar-refractivity contribution in [3.63, 3.8) is 0 Å². The van der Waals surface area contributed by atoms with Gasteiger partial charge in [0.15, 0.2) is 0 Å². The van der Waals surface area contributed by atoms with Crippen LogP contribution in [-0.2, 0) is 0 Å². The fourth-order valence-corrected chi connectivity index (χ4v) is 5.55. The summed E-state index contributed by atoms with van der Waals surface area (Å²) in [5, 5.41) is 8.55. The lowest BCUT2D eigenvalue weighted by molar-refractivity contribution is 0.237. The molecule has 0 saturated carbocycles. The molecule has 212 valence electrons. The average Bonchev–Trinajstić information content (AvgIpc) is 3.76. The van der Waals surface area contributed by atoms with E-state index in [1.54, 1.807) is 6.20 Å². The van der Waals surface area contributed by atoms with Crippen LogP contribution in [0.3, 0.4) is 0 Å². The molecule has 0 atom stereocenters. The number of hydrogen-bond donors (Lipinski definition) is 2. The second-order valence-corrected chi connectivity index (χ2v) is 10.9. The highest BCUT2D eigenvalue weighted by Gasteiger charge is 2.17. The first-order valence-corrected chi connectivity index (χ1v) is 14.1. The quantitative estimate of drug-likeness (QED) is 0.238. The maximum absolute atomic E-state index is 14.7. The largest absolute Gasteiger partial charge is 0.492 e. The van der Waals surface area contributed by atoms with Crippen molar-refractivity contribution < 1.29 is 9.13 Å². The highest BCUT2D eigenvalue weighted by atomic mass is 19.1. The van der Waals surface area contributed by atoms with Gasteiger partial charge in [0, 0.05) is 61.1 Å². The first-order chi connectivity index (χ1) is 20.5. The maximum Gasteiger partial charge on any atom is 0.135 e. The molecule has 6 heterocycles. The Kier molecular flexibility index (Phi) is 6.75. The summed E-state index contributed by atoms with van der Waals surface area (Å²) < 4.78 is 20.7. The third-order valence-electron chi connectivity index (χ3n) is 7.77. The fourth-order valence-electron chi connectivity index (χ4n) is 5.55. The van der Waals surface area contributed by atoms with Gasteiger partial charge in [0.2, 0.25) is 0 Å². The molecule has 2 N–H and O–H groups in total. The van der Waals surface area contributed by atoms with Crippen LogP contribution in [0.2, 0.25) is 0 Å². The molecule has 42 heavy (non-hydrogen) atoms. The van der Waals surface area contributed by atoms with E-state index in [9.17, 15) is 4.39 Å². The number of halogens is 1. The molecule has 0 spiro atoms. The second kappa shape index (κ2) is 10.9. The van der Waals surface area contributed by atoms with Crippen LogP contribution < -0.4 is 9.64 Å². The molecule has 1 saturated heterocycles. The van der Waals surface area contributed by atoms with E-state index in [1.807, 2.05) is 61.7 Å². The standard InChI is InChI=1S/C32H31FN8O/c1-40(2)23-14-21(18-34-19-23)26-5-6-28-31(37-26)32(39-38-28)29-17-25-27(36-29)7-8-35-30(25)20-13-22(33)16-24(15-20)42-12-11-41-9-3-4-10-41/h5-8,13-19,36H,3-4,9-12H2,1-2H3,(H,38,39). The van der Waals surface area contributed by atoms with Crippen LogP contribution in [0.15, 0.2) is 67.1 Å². The van der Waals surface area contributed by atoms with Crippen LogP contribution in [0.25, 0.3) is 55.8 Å². The number of ether oxygens (including phenoxy) is 1. The van der Waals surface area contributed by atoms with E-state index in [-0.39, 0.29) is 5.82 Å². The van der Waals surface area contributed by atoms with Gasteiger partial charge < -0.3 is 14.6 Å². The number of nitrogens with zero attached hydrogens (tertiary/aromatic N) is 6. The van der Waals surface area contributed by atoms with E-state index in [2.05, 4.69) is 36.1 Å². The Morgan fingerprint density at radius 2 is 1.83 bits per heavy atom. The topological polar surface area (TPSA) is 98.9 Å². The molecule has 0 bridgehead atoms. The van der Waals surface area contributed by atoms with Gasteiger partial charge in [0.25, 0.3) is 0 Å². The first kappa shape index (κ1) is 26.1. The number of benzene rings is 1. The van der Waals surface area contributed by atoms with Gasteiger partial charge in [0.05, 0.1) is 34.5 Å². The molecule has 0 unspecified atom stereocenters. The molecule has 1 aromatic carbocycles. The van der Waals surface area contributed by atoms with Crippen molar-refractivity contribution in [1.82, 2.24) is 35.0 Å². The molecule has 0 aliphatic carbocycles. The smallest absolute Gasteiger partial charge is 0.135 e. The lowest BCUT2D eigenvalue weighted by atomic mass is 10.1. The summed E-state index contributed by atoms with van der Waals surface area (Å²) in [7, 11) is 3.97. The maximum atomic E-state index is 14.7. The Hall–Kier alpha value is -4.83. The van der Waals surface area contributed by atoms with E-state index in [4.69, 9.17) is 9.72 Å². The predicted molar refractivity (Wildman–Crippen MR) is 163 cm³/mol. The number of aromatic nitrogens is 6. The number of fused-ring (bicyclic) bond motifs is 2. The Bertz CT molecular complexity index is 1890. The number of pyridine rings is 3. The van der Waals surface area contributed by atoms with Crippen molar-refractivity contribution in [3.05, 3.63) is 72.9 Å². The molecule has 5 aromatic heterocycles. The average molecular weight is 563 g/mol. The Morgan fingerprint density at radius 3 is 2.69 bits per heavy atom. The molecule has 7 rings (SSSR count). The van der Waals surface area contributed by atoms with Crippen molar-refractivity contribution in [2.24, 2.45) is 0 Å². The lowest BCUT2D eigenvalue weighted by Crippen LogP contribution is -2.25. The Balaban J connectivity index is 1.22. The number of hydrogen-bond acceptors (Lipinski definition) is 7. The minimum absolute atomic E-state index is 0.360. The van der Waals surface area contributed by atoms with Crippen molar-refractivity contribution >= 4 is 27.6 Å². The molecule has 0 amide bonds. The molecular formula is C32H31FN8O. The third kappa shape index (κ3) is 5.05.